The number of aryl methyl sites for hydroxylation is 1. The van der Waals surface area contributed by atoms with Crippen LogP contribution in [0.1, 0.15) is 38.1 Å². The number of benzene rings is 2. The van der Waals surface area contributed by atoms with Gasteiger partial charge in [0.15, 0.2) is 5.82 Å². The van der Waals surface area contributed by atoms with E-state index in [4.69, 9.17) is 0 Å². The normalized spacial score (nSPS) is 12.7. The maximum Gasteiger partial charge on any atom is 0.243 e. The van der Waals surface area contributed by atoms with Crippen LogP contribution in [0.15, 0.2) is 53.4 Å². The van der Waals surface area contributed by atoms with E-state index in [9.17, 15) is 18.8 Å². The van der Waals surface area contributed by atoms with E-state index < -0.39 is 10.0 Å². The number of hydrogen-bond donors (Lipinski definition) is 1. The SMILES string of the molecule is CCCN(CCC)S(=O)(=O)c1ccc(/C(O)=C(\C#N)c2nc3ccccc3n2C)cc1. The van der Waals surface area contributed by atoms with Gasteiger partial charge in [-0.05, 0) is 49.2 Å². The van der Waals surface area contributed by atoms with Crippen molar-refractivity contribution in [2.75, 3.05) is 13.1 Å². The largest absolute Gasteiger partial charge is 0.506 e. The van der Waals surface area contributed by atoms with Crippen molar-refractivity contribution in [3.63, 3.8) is 0 Å². The first-order valence-electron chi connectivity index (χ1n) is 10.2. The lowest BCUT2D eigenvalue weighted by molar-refractivity contribution is 0.410. The molecule has 0 unspecified atom stereocenters. The van der Waals surface area contributed by atoms with Crippen molar-refractivity contribution in [3.8, 4) is 6.07 Å². The molecule has 3 aromatic rings. The zero-order chi connectivity index (χ0) is 22.6. The van der Waals surface area contributed by atoms with E-state index in [2.05, 4.69) is 4.98 Å². The number of aromatic nitrogens is 2. The zero-order valence-corrected chi connectivity index (χ0v) is 18.7. The minimum absolute atomic E-state index is 0.0212. The van der Waals surface area contributed by atoms with Gasteiger partial charge in [0.1, 0.15) is 17.4 Å². The molecule has 0 radical (unpaired) electrons. The van der Waals surface area contributed by atoms with Crippen molar-refractivity contribution >= 4 is 32.4 Å². The number of hydrogen-bond acceptors (Lipinski definition) is 5. The minimum Gasteiger partial charge on any atom is -0.506 e. The fraction of sp³-hybridized carbons (Fsp3) is 0.304. The standard InChI is InChI=1S/C23H26N4O3S/c1-4-14-27(15-5-2)31(29,30)18-12-10-17(11-13-18)22(28)19(16-24)23-25-20-8-6-7-9-21(20)26(23)3/h6-13,28H,4-5,14-15H2,1-3H3/b22-19-. The summed E-state index contributed by atoms with van der Waals surface area (Å²) in [6.45, 7) is 4.78. The molecule has 0 fully saturated rings. The summed E-state index contributed by atoms with van der Waals surface area (Å²) in [5.74, 6) is 0.0961. The lowest BCUT2D eigenvalue weighted by Gasteiger charge is -2.21. The molecule has 8 heteroatoms. The second kappa shape index (κ2) is 9.33. The fourth-order valence-electron chi connectivity index (χ4n) is 3.51. The fourth-order valence-corrected chi connectivity index (χ4v) is 5.13. The van der Waals surface area contributed by atoms with Crippen molar-refractivity contribution in [3.05, 3.63) is 59.9 Å². The zero-order valence-electron chi connectivity index (χ0n) is 17.9. The van der Waals surface area contributed by atoms with E-state index >= 15 is 0 Å². The number of aliphatic hydroxyl groups is 1. The van der Waals surface area contributed by atoms with Crippen molar-refractivity contribution in [1.29, 1.82) is 5.26 Å². The van der Waals surface area contributed by atoms with Gasteiger partial charge in [-0.1, -0.05) is 26.0 Å². The molecule has 0 spiro atoms. The maximum atomic E-state index is 12.9. The third-order valence-corrected chi connectivity index (χ3v) is 6.98. The first-order valence-corrected chi connectivity index (χ1v) is 11.6. The number of nitrogens with zero attached hydrogens (tertiary/aromatic N) is 4. The third-order valence-electron chi connectivity index (χ3n) is 5.07. The first kappa shape index (κ1) is 22.5. The molecule has 0 atom stereocenters. The molecule has 0 aliphatic carbocycles. The number of sulfonamides is 1. The van der Waals surface area contributed by atoms with E-state index in [-0.39, 0.29) is 16.2 Å². The van der Waals surface area contributed by atoms with E-state index in [0.29, 0.717) is 30.0 Å². The molecule has 0 bridgehead atoms. The Hall–Kier alpha value is -3.15. The van der Waals surface area contributed by atoms with Crippen LogP contribution in [0.25, 0.3) is 22.4 Å². The second-order valence-electron chi connectivity index (χ2n) is 7.25. The molecule has 0 aliphatic rings. The van der Waals surface area contributed by atoms with Gasteiger partial charge in [0.25, 0.3) is 0 Å². The number of para-hydroxylation sites is 2. The molecule has 0 saturated carbocycles. The van der Waals surface area contributed by atoms with Gasteiger partial charge in [0.05, 0.1) is 15.9 Å². The van der Waals surface area contributed by atoms with Gasteiger partial charge in [-0.15, -0.1) is 0 Å². The van der Waals surface area contributed by atoms with Crippen LogP contribution in [0, 0.1) is 11.3 Å². The summed E-state index contributed by atoms with van der Waals surface area (Å²) in [5, 5.41) is 20.5. The molecule has 0 aliphatic heterocycles. The predicted octanol–water partition coefficient (Wildman–Crippen LogP) is 4.33. The Balaban J connectivity index is 2.01. The smallest absolute Gasteiger partial charge is 0.243 e. The highest BCUT2D eigenvalue weighted by molar-refractivity contribution is 7.89. The van der Waals surface area contributed by atoms with E-state index in [1.807, 2.05) is 44.2 Å². The Bertz CT molecular complexity index is 1250. The van der Waals surface area contributed by atoms with E-state index in [1.54, 1.807) is 11.6 Å². The van der Waals surface area contributed by atoms with E-state index in [0.717, 1.165) is 18.4 Å². The average molecular weight is 439 g/mol. The number of fused-ring (bicyclic) bond motifs is 1. The highest BCUT2D eigenvalue weighted by atomic mass is 32.2. The average Bonchev–Trinajstić information content (AvgIpc) is 3.10. The molecule has 7 nitrogen and oxygen atoms in total. The van der Waals surface area contributed by atoms with Crippen LogP contribution in [-0.2, 0) is 17.1 Å². The molecular weight excluding hydrogens is 412 g/mol. The number of aliphatic hydroxyl groups excluding tert-OH is 1. The molecule has 1 heterocycles. The Labute approximate surface area is 182 Å². The number of nitriles is 1. The molecular formula is C23H26N4O3S. The molecule has 31 heavy (non-hydrogen) atoms. The van der Waals surface area contributed by atoms with E-state index in [1.165, 1.54) is 28.6 Å². The molecule has 3 rings (SSSR count). The molecule has 1 aromatic heterocycles. The predicted molar refractivity (Wildman–Crippen MR) is 122 cm³/mol. The molecule has 1 N–H and O–H groups in total. The maximum absolute atomic E-state index is 12.9. The molecule has 2 aromatic carbocycles. The summed E-state index contributed by atoms with van der Waals surface area (Å²) in [6, 6.07) is 15.4. The van der Waals surface area contributed by atoms with Crippen LogP contribution in [0.3, 0.4) is 0 Å². The third kappa shape index (κ3) is 4.33. The van der Waals surface area contributed by atoms with Crippen molar-refractivity contribution < 1.29 is 13.5 Å². The summed E-state index contributed by atoms with van der Waals surface area (Å²) < 4.78 is 29.1. The summed E-state index contributed by atoms with van der Waals surface area (Å²) in [4.78, 5) is 4.63. The summed E-state index contributed by atoms with van der Waals surface area (Å²) in [5.41, 5.74) is 1.92. The molecule has 162 valence electrons. The van der Waals surface area contributed by atoms with Crippen LogP contribution < -0.4 is 0 Å². The van der Waals surface area contributed by atoms with Gasteiger partial charge in [0.2, 0.25) is 10.0 Å². The number of imidazole rings is 1. The van der Waals surface area contributed by atoms with Gasteiger partial charge in [-0.2, -0.15) is 9.57 Å². The van der Waals surface area contributed by atoms with Gasteiger partial charge < -0.3 is 9.67 Å². The lowest BCUT2D eigenvalue weighted by Crippen LogP contribution is -2.32. The minimum atomic E-state index is -3.62. The Morgan fingerprint density at radius 1 is 1.10 bits per heavy atom. The quantitative estimate of drug-likeness (QED) is 0.417. The Morgan fingerprint density at radius 3 is 2.26 bits per heavy atom. The molecule has 0 amide bonds. The first-order chi connectivity index (χ1) is 14.8. The Morgan fingerprint density at radius 2 is 1.71 bits per heavy atom. The van der Waals surface area contributed by atoms with Crippen molar-refractivity contribution in [2.45, 2.75) is 31.6 Å². The highest BCUT2D eigenvalue weighted by Gasteiger charge is 2.23. The van der Waals surface area contributed by atoms with Crippen molar-refractivity contribution in [1.82, 2.24) is 13.9 Å². The summed E-state index contributed by atoms with van der Waals surface area (Å²) >= 11 is 0. The van der Waals surface area contributed by atoms with Gasteiger partial charge in [-0.25, -0.2) is 13.4 Å². The number of rotatable bonds is 8. The highest BCUT2D eigenvalue weighted by Crippen LogP contribution is 2.27. The van der Waals surface area contributed by atoms with Crippen molar-refractivity contribution in [2.24, 2.45) is 7.05 Å². The monoisotopic (exact) mass is 438 g/mol. The Kier molecular flexibility index (Phi) is 6.78. The topological polar surface area (TPSA) is 99.2 Å². The lowest BCUT2D eigenvalue weighted by atomic mass is 10.1. The summed E-state index contributed by atoms with van der Waals surface area (Å²) in [6.07, 6.45) is 1.45. The van der Waals surface area contributed by atoms with Gasteiger partial charge in [-0.3, -0.25) is 0 Å². The second-order valence-corrected chi connectivity index (χ2v) is 9.18. The summed E-state index contributed by atoms with van der Waals surface area (Å²) in [7, 11) is -1.84. The van der Waals surface area contributed by atoms with Crippen LogP contribution in [0.5, 0.6) is 0 Å². The van der Waals surface area contributed by atoms with Crippen LogP contribution >= 0.6 is 0 Å². The van der Waals surface area contributed by atoms with Crippen LogP contribution in [0.2, 0.25) is 0 Å². The van der Waals surface area contributed by atoms with Crippen LogP contribution in [0.4, 0.5) is 0 Å². The van der Waals surface area contributed by atoms with Gasteiger partial charge in [0, 0.05) is 25.7 Å². The van der Waals surface area contributed by atoms with Gasteiger partial charge >= 0.3 is 0 Å². The molecule has 0 saturated heterocycles. The number of allylic oxidation sites excluding steroid dienone is 1. The van der Waals surface area contributed by atoms with Crippen LogP contribution in [-0.4, -0.2) is 40.5 Å².